The smallest absolute Gasteiger partial charge is 0.336 e. The first kappa shape index (κ1) is 16.1. The van der Waals surface area contributed by atoms with Crippen LogP contribution in [0.2, 0.25) is 0 Å². The highest BCUT2D eigenvalue weighted by Gasteiger charge is 2.14. The van der Waals surface area contributed by atoms with Gasteiger partial charge >= 0.3 is 5.97 Å². The molecule has 0 aliphatic carbocycles. The van der Waals surface area contributed by atoms with Crippen molar-refractivity contribution in [2.45, 2.75) is 13.8 Å². The summed E-state index contributed by atoms with van der Waals surface area (Å²) in [4.78, 5) is 16.0. The summed E-state index contributed by atoms with van der Waals surface area (Å²) in [6.45, 7) is 3.84. The molecular weight excluding hydrogens is 324 g/mol. The molecule has 0 unspecified atom stereocenters. The lowest BCUT2D eigenvalue weighted by molar-refractivity contribution is 0.0696. The number of rotatable bonds is 3. The monoisotopic (exact) mass is 342 g/mol. The standard InChI is InChI=1S/C22H18N2O2/c1-14-8-9-17(16-6-4-3-5-7-16)11-20(14)24-13-23-19-10-15(2)18(22(25)26)12-21(19)24/h3-13H,1-2H3,(H,25,26). The Balaban J connectivity index is 1.93. The molecule has 3 aromatic carbocycles. The third kappa shape index (κ3) is 2.65. The van der Waals surface area contributed by atoms with Crippen LogP contribution in [0.15, 0.2) is 67.0 Å². The van der Waals surface area contributed by atoms with Gasteiger partial charge in [0, 0.05) is 0 Å². The van der Waals surface area contributed by atoms with Crippen LogP contribution in [-0.4, -0.2) is 20.6 Å². The second-order valence-electron chi connectivity index (χ2n) is 6.44. The molecule has 0 radical (unpaired) electrons. The lowest BCUT2D eigenvalue weighted by atomic mass is 10.0. The van der Waals surface area contributed by atoms with Crippen molar-refractivity contribution in [2.75, 3.05) is 0 Å². The second-order valence-corrected chi connectivity index (χ2v) is 6.44. The van der Waals surface area contributed by atoms with Crippen molar-refractivity contribution in [3.8, 4) is 16.8 Å². The van der Waals surface area contributed by atoms with Gasteiger partial charge in [-0.25, -0.2) is 9.78 Å². The predicted octanol–water partition coefficient (Wildman–Crippen LogP) is 5.01. The molecule has 0 amide bonds. The summed E-state index contributed by atoms with van der Waals surface area (Å²) in [7, 11) is 0. The van der Waals surface area contributed by atoms with E-state index in [1.165, 1.54) is 0 Å². The van der Waals surface area contributed by atoms with Gasteiger partial charge in [0.1, 0.15) is 6.33 Å². The molecule has 0 aliphatic heterocycles. The Kier molecular flexibility index (Phi) is 3.81. The van der Waals surface area contributed by atoms with E-state index < -0.39 is 5.97 Å². The average Bonchev–Trinajstić information content (AvgIpc) is 3.04. The largest absolute Gasteiger partial charge is 0.478 e. The third-order valence-electron chi connectivity index (χ3n) is 4.70. The van der Waals surface area contributed by atoms with E-state index in [1.807, 2.05) is 35.8 Å². The average molecular weight is 342 g/mol. The number of aromatic carboxylic acids is 1. The lowest BCUT2D eigenvalue weighted by Gasteiger charge is -2.12. The summed E-state index contributed by atoms with van der Waals surface area (Å²) < 4.78 is 1.96. The maximum atomic E-state index is 11.5. The zero-order valence-corrected chi connectivity index (χ0v) is 14.6. The van der Waals surface area contributed by atoms with Crippen LogP contribution in [-0.2, 0) is 0 Å². The summed E-state index contributed by atoms with van der Waals surface area (Å²) in [5.74, 6) is -0.924. The molecule has 4 heteroatoms. The van der Waals surface area contributed by atoms with Gasteiger partial charge in [-0.2, -0.15) is 0 Å². The number of carboxylic acids is 1. The number of hydrogen-bond acceptors (Lipinski definition) is 2. The molecule has 4 rings (SSSR count). The van der Waals surface area contributed by atoms with Gasteiger partial charge in [0.05, 0.1) is 22.3 Å². The van der Waals surface area contributed by atoms with Gasteiger partial charge in [-0.1, -0.05) is 42.5 Å². The first-order valence-corrected chi connectivity index (χ1v) is 8.42. The van der Waals surface area contributed by atoms with Gasteiger partial charge in [-0.05, 0) is 54.3 Å². The van der Waals surface area contributed by atoms with Crippen LogP contribution in [0, 0.1) is 13.8 Å². The molecule has 0 fully saturated rings. The highest BCUT2D eigenvalue weighted by molar-refractivity contribution is 5.94. The Morgan fingerprint density at radius 3 is 2.42 bits per heavy atom. The quantitative estimate of drug-likeness (QED) is 0.569. The Morgan fingerprint density at radius 2 is 1.69 bits per heavy atom. The minimum Gasteiger partial charge on any atom is -0.478 e. The number of carboxylic acid groups (broad SMARTS) is 1. The van der Waals surface area contributed by atoms with E-state index in [1.54, 1.807) is 19.3 Å². The highest BCUT2D eigenvalue weighted by Crippen LogP contribution is 2.28. The molecule has 0 saturated heterocycles. The van der Waals surface area contributed by atoms with Crippen LogP contribution >= 0.6 is 0 Å². The lowest BCUT2D eigenvalue weighted by Crippen LogP contribution is -2.01. The van der Waals surface area contributed by atoms with Crippen LogP contribution in [0.5, 0.6) is 0 Å². The number of fused-ring (bicyclic) bond motifs is 1. The minimum atomic E-state index is -0.924. The Morgan fingerprint density at radius 1 is 0.923 bits per heavy atom. The Hall–Kier alpha value is -3.40. The minimum absolute atomic E-state index is 0.302. The molecule has 4 nitrogen and oxygen atoms in total. The van der Waals surface area contributed by atoms with E-state index in [-0.39, 0.29) is 0 Å². The van der Waals surface area contributed by atoms with Crippen molar-refractivity contribution in [1.82, 2.24) is 9.55 Å². The fourth-order valence-corrected chi connectivity index (χ4v) is 3.26. The fourth-order valence-electron chi connectivity index (χ4n) is 3.26. The SMILES string of the molecule is Cc1cc2ncn(-c3cc(-c4ccccc4)ccc3C)c2cc1C(=O)O. The number of carbonyl (C=O) groups is 1. The number of aromatic nitrogens is 2. The molecule has 1 heterocycles. The van der Waals surface area contributed by atoms with E-state index in [0.29, 0.717) is 11.1 Å². The molecule has 1 N–H and O–H groups in total. The molecule has 0 saturated carbocycles. The number of aryl methyl sites for hydroxylation is 2. The van der Waals surface area contributed by atoms with Gasteiger partial charge in [-0.3, -0.25) is 4.57 Å². The molecule has 0 bridgehead atoms. The van der Waals surface area contributed by atoms with E-state index in [9.17, 15) is 9.90 Å². The van der Waals surface area contributed by atoms with Crippen LogP contribution < -0.4 is 0 Å². The third-order valence-corrected chi connectivity index (χ3v) is 4.70. The molecule has 0 aliphatic rings. The maximum Gasteiger partial charge on any atom is 0.336 e. The zero-order valence-electron chi connectivity index (χ0n) is 14.6. The number of hydrogen-bond donors (Lipinski definition) is 1. The number of benzene rings is 3. The molecule has 1 aromatic heterocycles. The summed E-state index contributed by atoms with van der Waals surface area (Å²) >= 11 is 0. The summed E-state index contributed by atoms with van der Waals surface area (Å²) in [6, 6.07) is 20.0. The summed E-state index contributed by atoms with van der Waals surface area (Å²) in [6.07, 6.45) is 1.76. The summed E-state index contributed by atoms with van der Waals surface area (Å²) in [5.41, 5.74) is 6.94. The van der Waals surface area contributed by atoms with E-state index in [2.05, 4.69) is 35.3 Å². The molecule has 0 atom stereocenters. The molecule has 4 aromatic rings. The maximum absolute atomic E-state index is 11.5. The zero-order chi connectivity index (χ0) is 18.3. The Labute approximate surface area is 151 Å². The van der Waals surface area contributed by atoms with E-state index >= 15 is 0 Å². The van der Waals surface area contributed by atoms with Crippen molar-refractivity contribution in [3.63, 3.8) is 0 Å². The normalized spacial score (nSPS) is 11.0. The summed E-state index contributed by atoms with van der Waals surface area (Å²) in [5, 5.41) is 9.44. The van der Waals surface area contributed by atoms with Gasteiger partial charge < -0.3 is 5.11 Å². The molecule has 128 valence electrons. The van der Waals surface area contributed by atoms with Crippen molar-refractivity contribution in [2.24, 2.45) is 0 Å². The van der Waals surface area contributed by atoms with Gasteiger partial charge in [-0.15, -0.1) is 0 Å². The topological polar surface area (TPSA) is 55.1 Å². The molecular formula is C22H18N2O2. The van der Waals surface area contributed by atoms with Crippen LogP contribution in [0.25, 0.3) is 27.8 Å². The molecule has 26 heavy (non-hydrogen) atoms. The van der Waals surface area contributed by atoms with Crippen molar-refractivity contribution < 1.29 is 9.90 Å². The van der Waals surface area contributed by atoms with Crippen molar-refractivity contribution >= 4 is 17.0 Å². The number of nitrogens with zero attached hydrogens (tertiary/aromatic N) is 2. The fraction of sp³-hybridized carbons (Fsp3) is 0.0909. The first-order chi connectivity index (χ1) is 12.5. The van der Waals surface area contributed by atoms with Crippen LogP contribution in [0.4, 0.5) is 0 Å². The van der Waals surface area contributed by atoms with Crippen LogP contribution in [0.3, 0.4) is 0 Å². The van der Waals surface area contributed by atoms with Gasteiger partial charge in [0.25, 0.3) is 0 Å². The second kappa shape index (κ2) is 6.15. The highest BCUT2D eigenvalue weighted by atomic mass is 16.4. The van der Waals surface area contributed by atoms with E-state index in [0.717, 1.165) is 33.4 Å². The van der Waals surface area contributed by atoms with Crippen molar-refractivity contribution in [1.29, 1.82) is 0 Å². The predicted molar refractivity (Wildman–Crippen MR) is 103 cm³/mol. The Bertz CT molecular complexity index is 1130. The van der Waals surface area contributed by atoms with Gasteiger partial charge in [0.15, 0.2) is 0 Å². The van der Waals surface area contributed by atoms with Gasteiger partial charge in [0.2, 0.25) is 0 Å². The molecule has 0 spiro atoms. The number of imidazole rings is 1. The van der Waals surface area contributed by atoms with Crippen molar-refractivity contribution in [3.05, 3.63) is 83.7 Å². The first-order valence-electron chi connectivity index (χ1n) is 8.42. The van der Waals surface area contributed by atoms with E-state index in [4.69, 9.17) is 0 Å². The van der Waals surface area contributed by atoms with Crippen LogP contribution in [0.1, 0.15) is 21.5 Å².